The van der Waals surface area contributed by atoms with Gasteiger partial charge in [0.25, 0.3) is 0 Å². The Morgan fingerprint density at radius 3 is 3.06 bits per heavy atom. The van der Waals surface area contributed by atoms with Crippen molar-refractivity contribution in [2.75, 3.05) is 11.1 Å². The van der Waals surface area contributed by atoms with E-state index in [2.05, 4.69) is 20.4 Å². The highest BCUT2D eigenvalue weighted by atomic mass is 16.4. The van der Waals surface area contributed by atoms with Crippen LogP contribution in [0.3, 0.4) is 0 Å². The fourth-order valence-electron chi connectivity index (χ4n) is 1.10. The molecule has 0 saturated heterocycles. The summed E-state index contributed by atoms with van der Waals surface area (Å²) in [6, 6.07) is 0.163. The Balaban J connectivity index is 1.94. The van der Waals surface area contributed by atoms with E-state index in [-0.39, 0.29) is 24.4 Å². The third kappa shape index (κ3) is 2.35. The third-order valence-corrected chi connectivity index (χ3v) is 1.73. The third-order valence-electron chi connectivity index (χ3n) is 1.73. The van der Waals surface area contributed by atoms with Crippen LogP contribution in [0.5, 0.6) is 0 Å². The zero-order valence-corrected chi connectivity index (χ0v) is 8.54. The number of aryl methyl sites for hydroxylation is 1. The Kier molecular flexibility index (Phi) is 2.54. The van der Waals surface area contributed by atoms with Crippen molar-refractivity contribution in [3.05, 3.63) is 18.3 Å². The quantitative estimate of drug-likeness (QED) is 0.743. The summed E-state index contributed by atoms with van der Waals surface area (Å²) in [5.74, 6) is -0.188. The SMILES string of the molecule is Cc1coc(NC(=O)Cn2cnc(N)n2)n1. The van der Waals surface area contributed by atoms with Gasteiger partial charge in [-0.3, -0.25) is 10.1 Å². The average molecular weight is 222 g/mol. The van der Waals surface area contributed by atoms with E-state index in [0.29, 0.717) is 5.69 Å². The second-order valence-electron chi connectivity index (χ2n) is 3.14. The van der Waals surface area contributed by atoms with Gasteiger partial charge in [0.2, 0.25) is 11.9 Å². The summed E-state index contributed by atoms with van der Waals surface area (Å²) >= 11 is 0. The van der Waals surface area contributed by atoms with Crippen LogP contribution in [-0.4, -0.2) is 25.7 Å². The van der Waals surface area contributed by atoms with Crippen molar-refractivity contribution in [2.24, 2.45) is 0 Å². The smallest absolute Gasteiger partial charge is 0.301 e. The van der Waals surface area contributed by atoms with Crippen LogP contribution in [0.2, 0.25) is 0 Å². The molecular weight excluding hydrogens is 212 g/mol. The van der Waals surface area contributed by atoms with Gasteiger partial charge in [0.05, 0.1) is 5.69 Å². The minimum absolute atomic E-state index is 0.00558. The molecule has 1 amide bonds. The Morgan fingerprint density at radius 1 is 1.69 bits per heavy atom. The first kappa shape index (κ1) is 10.1. The van der Waals surface area contributed by atoms with E-state index < -0.39 is 0 Å². The highest BCUT2D eigenvalue weighted by Gasteiger charge is 2.08. The largest absolute Gasteiger partial charge is 0.432 e. The van der Waals surface area contributed by atoms with Crippen molar-refractivity contribution >= 4 is 17.9 Å². The maximum atomic E-state index is 11.5. The van der Waals surface area contributed by atoms with E-state index in [4.69, 9.17) is 10.2 Å². The molecule has 0 unspecified atom stereocenters. The molecule has 0 bridgehead atoms. The summed E-state index contributed by atoms with van der Waals surface area (Å²) in [7, 11) is 0. The van der Waals surface area contributed by atoms with Crippen LogP contribution in [-0.2, 0) is 11.3 Å². The number of hydrogen-bond donors (Lipinski definition) is 2. The van der Waals surface area contributed by atoms with Gasteiger partial charge in [-0.15, -0.1) is 5.10 Å². The first-order valence-electron chi connectivity index (χ1n) is 4.50. The fourth-order valence-corrected chi connectivity index (χ4v) is 1.10. The summed E-state index contributed by atoms with van der Waals surface area (Å²) in [6.07, 6.45) is 2.82. The van der Waals surface area contributed by atoms with Crippen LogP contribution in [0.15, 0.2) is 17.0 Å². The standard InChI is InChI=1S/C8H10N6O2/c1-5-3-16-8(11-5)12-6(15)2-14-4-10-7(9)13-14/h3-4H,2H2,1H3,(H2,9,13)(H,11,12,15). The molecule has 0 saturated carbocycles. The highest BCUT2D eigenvalue weighted by molar-refractivity contribution is 5.88. The van der Waals surface area contributed by atoms with Gasteiger partial charge in [0.1, 0.15) is 19.1 Å². The molecule has 2 rings (SSSR count). The van der Waals surface area contributed by atoms with Crippen molar-refractivity contribution in [2.45, 2.75) is 13.5 Å². The molecule has 0 radical (unpaired) electrons. The lowest BCUT2D eigenvalue weighted by Crippen LogP contribution is -2.19. The molecule has 0 aliphatic heterocycles. The van der Waals surface area contributed by atoms with Crippen molar-refractivity contribution in [1.82, 2.24) is 19.7 Å². The van der Waals surface area contributed by atoms with Gasteiger partial charge >= 0.3 is 6.01 Å². The molecule has 0 aliphatic rings. The Labute approximate surface area is 90.5 Å². The Morgan fingerprint density at radius 2 is 2.50 bits per heavy atom. The molecule has 3 N–H and O–H groups in total. The highest BCUT2D eigenvalue weighted by Crippen LogP contribution is 2.05. The van der Waals surface area contributed by atoms with Crippen LogP contribution < -0.4 is 11.1 Å². The maximum absolute atomic E-state index is 11.5. The second kappa shape index (κ2) is 4.01. The molecule has 0 spiro atoms. The molecule has 8 nitrogen and oxygen atoms in total. The molecule has 0 aliphatic carbocycles. The predicted molar refractivity (Wildman–Crippen MR) is 54.3 cm³/mol. The number of anilines is 2. The van der Waals surface area contributed by atoms with Gasteiger partial charge in [0, 0.05) is 0 Å². The molecule has 0 fully saturated rings. The van der Waals surface area contributed by atoms with Gasteiger partial charge in [-0.05, 0) is 6.92 Å². The number of nitrogens with zero attached hydrogens (tertiary/aromatic N) is 4. The maximum Gasteiger partial charge on any atom is 0.301 e. The first-order chi connectivity index (χ1) is 7.63. The topological polar surface area (TPSA) is 112 Å². The van der Waals surface area contributed by atoms with Gasteiger partial charge in [-0.1, -0.05) is 0 Å². The van der Waals surface area contributed by atoms with Crippen molar-refractivity contribution in [3.63, 3.8) is 0 Å². The summed E-state index contributed by atoms with van der Waals surface area (Å²) in [6.45, 7) is 1.77. The van der Waals surface area contributed by atoms with E-state index in [9.17, 15) is 4.79 Å². The molecule has 84 valence electrons. The number of aromatic nitrogens is 4. The molecule has 16 heavy (non-hydrogen) atoms. The summed E-state index contributed by atoms with van der Waals surface area (Å²) in [5.41, 5.74) is 6.00. The monoisotopic (exact) mass is 222 g/mol. The lowest BCUT2D eigenvalue weighted by atomic mass is 10.6. The minimum Gasteiger partial charge on any atom is -0.432 e. The zero-order valence-electron chi connectivity index (χ0n) is 8.54. The molecule has 0 aromatic carbocycles. The lowest BCUT2D eigenvalue weighted by molar-refractivity contribution is -0.117. The summed E-state index contributed by atoms with van der Waals surface area (Å²) in [5, 5.41) is 6.24. The number of hydrogen-bond acceptors (Lipinski definition) is 6. The van der Waals surface area contributed by atoms with Crippen LogP contribution in [0.25, 0.3) is 0 Å². The minimum atomic E-state index is -0.313. The number of carbonyl (C=O) groups excluding carboxylic acids is 1. The van der Waals surface area contributed by atoms with Crippen LogP contribution >= 0.6 is 0 Å². The normalized spacial score (nSPS) is 10.3. The van der Waals surface area contributed by atoms with Gasteiger partial charge in [0.15, 0.2) is 0 Å². The summed E-state index contributed by atoms with van der Waals surface area (Å²) < 4.78 is 6.28. The Hall–Kier alpha value is -2.38. The van der Waals surface area contributed by atoms with E-state index in [0.717, 1.165) is 0 Å². The van der Waals surface area contributed by atoms with Gasteiger partial charge in [-0.25, -0.2) is 9.67 Å². The summed E-state index contributed by atoms with van der Waals surface area (Å²) in [4.78, 5) is 19.1. The molecule has 0 atom stereocenters. The Bertz CT molecular complexity index is 458. The second-order valence-corrected chi connectivity index (χ2v) is 3.14. The van der Waals surface area contributed by atoms with Crippen LogP contribution in [0.1, 0.15) is 5.69 Å². The molecule has 2 heterocycles. The number of nitrogen functional groups attached to an aromatic ring is 1. The molecular formula is C8H10N6O2. The predicted octanol–water partition coefficient (Wildman–Crippen LogP) is -0.205. The fraction of sp³-hybridized carbons (Fsp3) is 0.250. The van der Waals surface area contributed by atoms with Crippen molar-refractivity contribution in [1.29, 1.82) is 0 Å². The number of oxazole rings is 1. The number of nitrogens with two attached hydrogens (primary N) is 1. The lowest BCUT2D eigenvalue weighted by Gasteiger charge is -1.99. The first-order valence-corrected chi connectivity index (χ1v) is 4.50. The van der Waals surface area contributed by atoms with Gasteiger partial charge in [-0.2, -0.15) is 4.98 Å². The van der Waals surface area contributed by atoms with E-state index in [1.807, 2.05) is 0 Å². The number of rotatable bonds is 3. The van der Waals surface area contributed by atoms with Crippen LogP contribution in [0.4, 0.5) is 12.0 Å². The number of amides is 1. The van der Waals surface area contributed by atoms with Crippen molar-refractivity contribution in [3.8, 4) is 0 Å². The van der Waals surface area contributed by atoms with E-state index in [1.54, 1.807) is 6.92 Å². The molecule has 2 aromatic heterocycles. The van der Waals surface area contributed by atoms with Gasteiger partial charge < -0.3 is 10.2 Å². The average Bonchev–Trinajstić information content (AvgIpc) is 2.76. The van der Waals surface area contributed by atoms with E-state index in [1.165, 1.54) is 17.3 Å². The van der Waals surface area contributed by atoms with Crippen LogP contribution in [0, 0.1) is 6.92 Å². The van der Waals surface area contributed by atoms with E-state index >= 15 is 0 Å². The molecule has 2 aromatic rings. The molecule has 8 heteroatoms. The number of nitrogens with one attached hydrogen (secondary N) is 1. The van der Waals surface area contributed by atoms with Crippen molar-refractivity contribution < 1.29 is 9.21 Å². The zero-order chi connectivity index (χ0) is 11.5. The number of carbonyl (C=O) groups is 1.